The molecular formula is C16H22N4O4. The van der Waals surface area contributed by atoms with Crippen LogP contribution in [0.3, 0.4) is 0 Å². The fourth-order valence-corrected chi connectivity index (χ4v) is 2.72. The van der Waals surface area contributed by atoms with E-state index < -0.39 is 4.92 Å². The summed E-state index contributed by atoms with van der Waals surface area (Å²) in [5, 5.41) is 13.7. The van der Waals surface area contributed by atoms with Gasteiger partial charge in [0.1, 0.15) is 0 Å². The second kappa shape index (κ2) is 7.87. The first-order valence-corrected chi connectivity index (χ1v) is 7.90. The van der Waals surface area contributed by atoms with Gasteiger partial charge in [0.2, 0.25) is 11.8 Å². The Morgan fingerprint density at radius 1 is 1.25 bits per heavy atom. The fraction of sp³-hybridized carbons (Fsp3) is 0.500. The molecule has 1 fully saturated rings. The summed E-state index contributed by atoms with van der Waals surface area (Å²) in [5.74, 6) is -0.0962. The maximum atomic E-state index is 12.1. The van der Waals surface area contributed by atoms with Crippen LogP contribution in [0.5, 0.6) is 0 Å². The van der Waals surface area contributed by atoms with Crippen molar-refractivity contribution in [2.75, 3.05) is 38.0 Å². The number of piperazine rings is 1. The minimum Gasteiger partial charge on any atom is -0.340 e. The largest absolute Gasteiger partial charge is 0.340 e. The van der Waals surface area contributed by atoms with Crippen LogP contribution in [0.1, 0.15) is 18.9 Å². The first-order valence-electron chi connectivity index (χ1n) is 7.90. The van der Waals surface area contributed by atoms with Crippen LogP contribution in [0.25, 0.3) is 0 Å². The summed E-state index contributed by atoms with van der Waals surface area (Å²) >= 11 is 0. The number of nitrogens with one attached hydrogen (secondary N) is 1. The normalized spacial score (nSPS) is 15.2. The van der Waals surface area contributed by atoms with Crippen molar-refractivity contribution in [3.63, 3.8) is 0 Å². The lowest BCUT2D eigenvalue weighted by Crippen LogP contribution is -2.48. The van der Waals surface area contributed by atoms with E-state index in [1.165, 1.54) is 6.07 Å². The number of hydrogen-bond donors (Lipinski definition) is 1. The van der Waals surface area contributed by atoms with Crippen molar-refractivity contribution in [1.29, 1.82) is 0 Å². The van der Waals surface area contributed by atoms with E-state index in [-0.39, 0.29) is 17.5 Å². The van der Waals surface area contributed by atoms with Crippen LogP contribution in [0, 0.1) is 17.0 Å². The van der Waals surface area contributed by atoms with Gasteiger partial charge in [0, 0.05) is 52.1 Å². The van der Waals surface area contributed by atoms with Gasteiger partial charge in [-0.25, -0.2) is 0 Å². The van der Waals surface area contributed by atoms with E-state index in [1.54, 1.807) is 30.9 Å². The number of anilines is 1. The van der Waals surface area contributed by atoms with Gasteiger partial charge in [-0.2, -0.15) is 0 Å². The number of benzene rings is 1. The summed E-state index contributed by atoms with van der Waals surface area (Å²) in [6.07, 6.45) is 0.308. The fourth-order valence-electron chi connectivity index (χ4n) is 2.72. The number of hydrogen-bond acceptors (Lipinski definition) is 5. The van der Waals surface area contributed by atoms with E-state index >= 15 is 0 Å². The molecule has 0 aromatic heterocycles. The Morgan fingerprint density at radius 2 is 1.92 bits per heavy atom. The second-order valence-corrected chi connectivity index (χ2v) is 5.85. The number of nitro benzene ring substituents is 1. The lowest BCUT2D eigenvalue weighted by molar-refractivity contribution is -0.385. The van der Waals surface area contributed by atoms with Crippen LogP contribution in [-0.4, -0.2) is 59.3 Å². The van der Waals surface area contributed by atoms with Crippen LogP contribution in [0.4, 0.5) is 11.4 Å². The molecule has 1 heterocycles. The lowest BCUT2D eigenvalue weighted by Gasteiger charge is -2.34. The molecule has 0 radical (unpaired) electrons. The predicted octanol–water partition coefficient (Wildman–Crippen LogP) is 1.40. The molecule has 0 saturated carbocycles. The third-order valence-electron chi connectivity index (χ3n) is 4.25. The van der Waals surface area contributed by atoms with Crippen LogP contribution >= 0.6 is 0 Å². The molecule has 1 aliphatic heterocycles. The van der Waals surface area contributed by atoms with Gasteiger partial charge in [0.15, 0.2) is 0 Å². The van der Waals surface area contributed by atoms with Crippen LogP contribution in [0.2, 0.25) is 0 Å². The Kier molecular flexibility index (Phi) is 5.86. The Balaban J connectivity index is 1.83. The molecule has 1 aromatic rings. The molecular weight excluding hydrogens is 312 g/mol. The molecule has 1 aromatic carbocycles. The summed E-state index contributed by atoms with van der Waals surface area (Å²) in [7, 11) is 0. The monoisotopic (exact) mass is 334 g/mol. The standard InChI is InChI=1S/C16H22N4O4/c1-12-14(4-3-5-15(12)20(23)24)17-16(22)6-7-18-8-10-19(11-9-18)13(2)21/h3-5H,6-11H2,1-2H3,(H,17,22). The third-order valence-corrected chi connectivity index (χ3v) is 4.25. The molecule has 0 bridgehead atoms. The summed E-state index contributed by atoms with van der Waals surface area (Å²) < 4.78 is 0. The van der Waals surface area contributed by atoms with E-state index in [0.717, 1.165) is 13.1 Å². The van der Waals surface area contributed by atoms with Crippen molar-refractivity contribution in [3.05, 3.63) is 33.9 Å². The number of nitro groups is 1. The Bertz CT molecular complexity index is 639. The Labute approximate surface area is 140 Å². The van der Waals surface area contributed by atoms with Crippen molar-refractivity contribution in [2.45, 2.75) is 20.3 Å². The van der Waals surface area contributed by atoms with Crippen LogP contribution < -0.4 is 5.32 Å². The summed E-state index contributed by atoms with van der Waals surface area (Å²) in [6.45, 7) is 6.65. The molecule has 0 atom stereocenters. The Hall–Kier alpha value is -2.48. The molecule has 2 amide bonds. The first-order chi connectivity index (χ1) is 11.4. The highest BCUT2D eigenvalue weighted by molar-refractivity contribution is 5.92. The summed E-state index contributed by atoms with van der Waals surface area (Å²) in [5.41, 5.74) is 0.912. The zero-order valence-electron chi connectivity index (χ0n) is 13.9. The minimum atomic E-state index is -0.459. The van der Waals surface area contributed by atoms with Gasteiger partial charge in [0.05, 0.1) is 16.2 Å². The van der Waals surface area contributed by atoms with Crippen molar-refractivity contribution < 1.29 is 14.5 Å². The number of amides is 2. The highest BCUT2D eigenvalue weighted by Gasteiger charge is 2.19. The van der Waals surface area contributed by atoms with E-state index in [2.05, 4.69) is 10.2 Å². The third kappa shape index (κ3) is 4.51. The average Bonchev–Trinajstić information content (AvgIpc) is 2.55. The lowest BCUT2D eigenvalue weighted by atomic mass is 10.1. The van der Waals surface area contributed by atoms with E-state index in [0.29, 0.717) is 37.3 Å². The van der Waals surface area contributed by atoms with Crippen LogP contribution in [0.15, 0.2) is 18.2 Å². The number of nitrogens with zero attached hydrogens (tertiary/aromatic N) is 3. The molecule has 1 saturated heterocycles. The van der Waals surface area contributed by atoms with E-state index in [4.69, 9.17) is 0 Å². The minimum absolute atomic E-state index is 0.00634. The van der Waals surface area contributed by atoms with Crippen molar-refractivity contribution in [2.24, 2.45) is 0 Å². The van der Waals surface area contributed by atoms with Gasteiger partial charge in [-0.3, -0.25) is 24.6 Å². The molecule has 0 aliphatic carbocycles. The molecule has 1 N–H and O–H groups in total. The van der Waals surface area contributed by atoms with Gasteiger partial charge >= 0.3 is 0 Å². The summed E-state index contributed by atoms with van der Waals surface area (Å²) in [6, 6.07) is 4.63. The molecule has 8 heteroatoms. The number of carbonyl (C=O) groups excluding carboxylic acids is 2. The van der Waals surface area contributed by atoms with Crippen molar-refractivity contribution in [1.82, 2.24) is 9.80 Å². The topological polar surface area (TPSA) is 95.8 Å². The quantitative estimate of drug-likeness (QED) is 0.648. The predicted molar refractivity (Wildman–Crippen MR) is 89.8 cm³/mol. The van der Waals surface area contributed by atoms with Crippen molar-refractivity contribution >= 4 is 23.2 Å². The maximum Gasteiger partial charge on any atom is 0.274 e. The zero-order chi connectivity index (χ0) is 17.7. The maximum absolute atomic E-state index is 12.1. The van der Waals surface area contributed by atoms with Gasteiger partial charge in [0.25, 0.3) is 5.69 Å². The highest BCUT2D eigenvalue weighted by atomic mass is 16.6. The second-order valence-electron chi connectivity index (χ2n) is 5.85. The number of carbonyl (C=O) groups is 2. The SMILES string of the molecule is CC(=O)N1CCN(CCC(=O)Nc2cccc([N+](=O)[O-])c2C)CC1. The zero-order valence-corrected chi connectivity index (χ0v) is 13.9. The number of rotatable bonds is 5. The molecule has 8 nitrogen and oxygen atoms in total. The molecule has 1 aliphatic rings. The smallest absolute Gasteiger partial charge is 0.274 e. The Morgan fingerprint density at radius 3 is 2.50 bits per heavy atom. The average molecular weight is 334 g/mol. The van der Waals surface area contributed by atoms with Gasteiger partial charge < -0.3 is 10.2 Å². The first kappa shape index (κ1) is 17.9. The van der Waals surface area contributed by atoms with Crippen LogP contribution in [-0.2, 0) is 9.59 Å². The highest BCUT2D eigenvalue weighted by Crippen LogP contribution is 2.25. The van der Waals surface area contributed by atoms with E-state index in [1.807, 2.05) is 0 Å². The molecule has 0 unspecified atom stereocenters. The molecule has 24 heavy (non-hydrogen) atoms. The summed E-state index contributed by atoms with van der Waals surface area (Å²) in [4.78, 5) is 37.8. The van der Waals surface area contributed by atoms with Gasteiger partial charge in [-0.1, -0.05) is 6.07 Å². The van der Waals surface area contributed by atoms with Gasteiger partial charge in [-0.05, 0) is 13.0 Å². The van der Waals surface area contributed by atoms with Gasteiger partial charge in [-0.15, -0.1) is 0 Å². The molecule has 130 valence electrons. The van der Waals surface area contributed by atoms with E-state index in [9.17, 15) is 19.7 Å². The molecule has 0 spiro atoms. The molecule has 2 rings (SSSR count). The van der Waals surface area contributed by atoms with Crippen molar-refractivity contribution in [3.8, 4) is 0 Å².